The molecule has 1 rings (SSSR count). The van der Waals surface area contributed by atoms with Crippen molar-refractivity contribution in [3.05, 3.63) is 35.4 Å². The highest BCUT2D eigenvalue weighted by molar-refractivity contribution is 6.62. The van der Waals surface area contributed by atoms with Gasteiger partial charge in [0.2, 0.25) is 0 Å². The summed E-state index contributed by atoms with van der Waals surface area (Å²) in [6.45, 7) is 6.32. The quantitative estimate of drug-likeness (QED) is 0.651. The van der Waals surface area contributed by atoms with Gasteiger partial charge in [-0.3, -0.25) is 0 Å². The first-order valence-electron chi connectivity index (χ1n) is 4.98. The average Bonchev–Trinajstić information content (AvgIpc) is 2.19. The van der Waals surface area contributed by atoms with Gasteiger partial charge in [0.1, 0.15) is 5.68 Å². The molecule has 0 bridgehead atoms. The molecule has 0 aromatic heterocycles. The molecule has 1 nitrogen and oxygen atoms in total. The Bertz CT molecular complexity index is 262. The van der Waals surface area contributed by atoms with Gasteiger partial charge in [0.05, 0.1) is 0 Å². The van der Waals surface area contributed by atoms with E-state index in [1.807, 2.05) is 19.1 Å². The molecule has 2 radical (unpaired) electrons. The number of carbonyl (C=O) groups is 1. The van der Waals surface area contributed by atoms with Crippen LogP contribution in [-0.4, -0.2) is 13.5 Å². The number of benzene rings is 1. The van der Waals surface area contributed by atoms with Gasteiger partial charge in [-0.25, -0.2) is 0 Å². The molecular formula is C12H17BO. The summed E-state index contributed by atoms with van der Waals surface area (Å²) < 4.78 is 0. The van der Waals surface area contributed by atoms with Crippen molar-refractivity contribution in [1.82, 2.24) is 0 Å². The van der Waals surface area contributed by atoms with Crippen molar-refractivity contribution in [2.75, 3.05) is 0 Å². The fourth-order valence-electron chi connectivity index (χ4n) is 0.718. The van der Waals surface area contributed by atoms with E-state index in [9.17, 15) is 4.79 Å². The smallest absolute Gasteiger partial charge is 0.175 e. The van der Waals surface area contributed by atoms with Crippen molar-refractivity contribution < 1.29 is 4.79 Å². The summed E-state index contributed by atoms with van der Waals surface area (Å²) in [6.07, 6.45) is 2.64. The van der Waals surface area contributed by atoms with E-state index in [4.69, 9.17) is 7.85 Å². The maximum absolute atomic E-state index is 10.5. The Morgan fingerprint density at radius 1 is 1.14 bits per heavy atom. The molecule has 0 fully saturated rings. The molecule has 14 heavy (non-hydrogen) atoms. The van der Waals surface area contributed by atoms with Crippen LogP contribution < -0.4 is 0 Å². The Morgan fingerprint density at radius 3 is 1.86 bits per heavy atom. The lowest BCUT2D eigenvalue weighted by Gasteiger charge is -1.94. The van der Waals surface area contributed by atoms with Crippen LogP contribution >= 0.6 is 0 Å². The van der Waals surface area contributed by atoms with Crippen molar-refractivity contribution in [3.63, 3.8) is 0 Å². The fraction of sp³-hybridized carbons (Fsp3) is 0.417. The molecule has 0 aliphatic heterocycles. The average molecular weight is 188 g/mol. The van der Waals surface area contributed by atoms with Crippen LogP contribution in [0, 0.1) is 6.92 Å². The maximum Gasteiger partial charge on any atom is 0.175 e. The van der Waals surface area contributed by atoms with Crippen LogP contribution in [0.5, 0.6) is 0 Å². The van der Waals surface area contributed by atoms with Gasteiger partial charge in [-0.2, -0.15) is 0 Å². The van der Waals surface area contributed by atoms with E-state index < -0.39 is 0 Å². The Morgan fingerprint density at radius 2 is 1.57 bits per heavy atom. The van der Waals surface area contributed by atoms with Crippen molar-refractivity contribution in [1.29, 1.82) is 0 Å². The molecule has 0 unspecified atom stereocenters. The van der Waals surface area contributed by atoms with Crippen molar-refractivity contribution in [2.24, 2.45) is 0 Å². The summed E-state index contributed by atoms with van der Waals surface area (Å²) in [7, 11) is 5.02. The molecule has 0 heterocycles. The van der Waals surface area contributed by atoms with E-state index in [1.165, 1.54) is 12.8 Å². The summed E-state index contributed by atoms with van der Waals surface area (Å²) in [5.41, 5.74) is 1.32. The van der Waals surface area contributed by atoms with Gasteiger partial charge in [0.25, 0.3) is 0 Å². The summed E-state index contributed by atoms with van der Waals surface area (Å²) in [6, 6.07) is 7.16. The summed E-state index contributed by atoms with van der Waals surface area (Å²) >= 11 is 0. The lowest BCUT2D eigenvalue weighted by molar-refractivity contribution is 0.108. The fourth-order valence-corrected chi connectivity index (χ4v) is 0.718. The Balaban J connectivity index is 0.000000364. The number of rotatable bonds is 2. The van der Waals surface area contributed by atoms with Gasteiger partial charge in [0, 0.05) is 5.56 Å². The summed E-state index contributed by atoms with van der Waals surface area (Å²) in [5, 5.41) is 0. The van der Waals surface area contributed by atoms with Gasteiger partial charge in [-0.15, -0.1) is 0 Å². The van der Waals surface area contributed by atoms with Crippen LogP contribution in [0.25, 0.3) is 0 Å². The summed E-state index contributed by atoms with van der Waals surface area (Å²) in [4.78, 5) is 10.5. The third kappa shape index (κ3) is 5.57. The predicted octanol–water partition coefficient (Wildman–Crippen LogP) is 3.11. The monoisotopic (exact) mass is 188 g/mol. The minimum absolute atomic E-state index is 0.375. The molecule has 0 spiro atoms. The van der Waals surface area contributed by atoms with E-state index >= 15 is 0 Å². The highest BCUT2D eigenvalue weighted by atomic mass is 16.1. The van der Waals surface area contributed by atoms with Crippen molar-refractivity contribution >= 4 is 13.5 Å². The van der Waals surface area contributed by atoms with Crippen LogP contribution in [0.4, 0.5) is 0 Å². The Kier molecular flexibility index (Phi) is 6.82. The van der Waals surface area contributed by atoms with Crippen LogP contribution in [0.1, 0.15) is 42.6 Å². The lowest BCUT2D eigenvalue weighted by Crippen LogP contribution is -1.95. The van der Waals surface area contributed by atoms with E-state index in [0.717, 1.165) is 5.56 Å². The van der Waals surface area contributed by atoms with Crippen LogP contribution in [0.15, 0.2) is 24.3 Å². The van der Waals surface area contributed by atoms with Crippen LogP contribution in [0.2, 0.25) is 0 Å². The van der Waals surface area contributed by atoms with Crippen LogP contribution in [0.3, 0.4) is 0 Å². The molecule has 0 aliphatic rings. The zero-order chi connectivity index (χ0) is 11.0. The predicted molar refractivity (Wildman–Crippen MR) is 61.8 cm³/mol. The first kappa shape index (κ1) is 13.0. The van der Waals surface area contributed by atoms with Gasteiger partial charge < -0.3 is 4.79 Å². The van der Waals surface area contributed by atoms with E-state index in [0.29, 0.717) is 5.56 Å². The van der Waals surface area contributed by atoms with E-state index in [1.54, 1.807) is 12.1 Å². The van der Waals surface area contributed by atoms with Gasteiger partial charge in [-0.05, 0) is 6.92 Å². The molecule has 1 aromatic rings. The van der Waals surface area contributed by atoms with Crippen molar-refractivity contribution in [3.8, 4) is 0 Å². The molecule has 1 aromatic carbocycles. The van der Waals surface area contributed by atoms with E-state index in [-0.39, 0.29) is 5.68 Å². The second kappa shape index (κ2) is 7.37. The molecule has 0 amide bonds. The molecule has 0 aliphatic carbocycles. The number of carbonyl (C=O) groups excluding carboxylic acids is 1. The highest BCUT2D eigenvalue weighted by Gasteiger charge is 1.94. The second-order valence-corrected chi connectivity index (χ2v) is 3.23. The van der Waals surface area contributed by atoms with Crippen molar-refractivity contribution in [2.45, 2.75) is 33.6 Å². The first-order valence-corrected chi connectivity index (χ1v) is 4.98. The standard InChI is InChI=1S/C8H7BO.C4H10/c1-6-2-4-7(5-3-6)8(9)10;1-3-4-2/h2-5H,1H3;3-4H2,1-2H3. The highest BCUT2D eigenvalue weighted by Crippen LogP contribution is 2.01. The first-order chi connectivity index (χ1) is 6.61. The number of aryl methyl sites for hydroxylation is 1. The summed E-state index contributed by atoms with van der Waals surface area (Å²) in [5.74, 6) is 0. The van der Waals surface area contributed by atoms with Gasteiger partial charge >= 0.3 is 0 Å². The zero-order valence-electron chi connectivity index (χ0n) is 9.21. The maximum atomic E-state index is 10.5. The molecule has 2 heteroatoms. The SMILES string of the molecule is CCCC.[B]C(=O)c1ccc(C)cc1. The third-order valence-electron chi connectivity index (χ3n) is 1.84. The van der Waals surface area contributed by atoms with Gasteiger partial charge in [0.15, 0.2) is 7.85 Å². The third-order valence-corrected chi connectivity index (χ3v) is 1.84. The normalized spacial score (nSPS) is 8.79. The molecule has 0 N–H and O–H groups in total. The number of unbranched alkanes of at least 4 members (excludes halogenated alkanes) is 1. The van der Waals surface area contributed by atoms with Crippen LogP contribution in [-0.2, 0) is 0 Å². The molecule has 74 valence electrons. The minimum Gasteiger partial charge on any atom is -0.307 e. The zero-order valence-corrected chi connectivity index (χ0v) is 9.21. The number of hydrogen-bond donors (Lipinski definition) is 0. The molecule has 0 atom stereocenters. The molecule has 0 saturated carbocycles. The second-order valence-electron chi connectivity index (χ2n) is 3.23. The molecule has 0 saturated heterocycles. The van der Waals surface area contributed by atoms with E-state index in [2.05, 4.69) is 13.8 Å². The Labute approximate surface area is 87.9 Å². The minimum atomic E-state index is -0.375. The largest absolute Gasteiger partial charge is 0.307 e. The lowest BCUT2D eigenvalue weighted by atomic mass is 9.94. The molecular weight excluding hydrogens is 171 g/mol. The Hall–Kier alpha value is -1.05. The topological polar surface area (TPSA) is 17.1 Å². The number of hydrogen-bond acceptors (Lipinski definition) is 1. The van der Waals surface area contributed by atoms with Gasteiger partial charge in [-0.1, -0.05) is 56.5 Å².